The summed E-state index contributed by atoms with van der Waals surface area (Å²) < 4.78 is 10.3. The molecule has 0 saturated carbocycles. The third kappa shape index (κ3) is 11.1. The number of nitrogens with one attached hydrogen (secondary N) is 3. The summed E-state index contributed by atoms with van der Waals surface area (Å²) in [4.78, 5) is 52.6. The first-order valence-corrected chi connectivity index (χ1v) is 14.0. The minimum Gasteiger partial charge on any atom is -0.508 e. The smallest absolute Gasteiger partial charge is 0.408 e. The van der Waals surface area contributed by atoms with Crippen LogP contribution in [0, 0.1) is 0 Å². The monoisotopic (exact) mass is 589 g/mol. The van der Waals surface area contributed by atoms with E-state index in [0.29, 0.717) is 5.56 Å². The molecule has 0 spiro atoms. The molecule has 0 saturated heterocycles. The molecule has 3 atom stereocenters. The number of phenolic OH excluding ortho intramolecular Hbond substituents is 1. The zero-order valence-corrected chi connectivity index (χ0v) is 24.8. The summed E-state index contributed by atoms with van der Waals surface area (Å²) in [6.45, 7) is 5.14. The minimum atomic E-state index is -1.14. The van der Waals surface area contributed by atoms with Crippen molar-refractivity contribution in [2.45, 2.75) is 63.8 Å². The third-order valence-electron chi connectivity index (χ3n) is 6.38. The maximum absolute atomic E-state index is 13.7. The summed E-state index contributed by atoms with van der Waals surface area (Å²) in [5.74, 6) is -1.83. The van der Waals surface area contributed by atoms with E-state index in [4.69, 9.17) is 9.47 Å². The first-order valence-electron chi connectivity index (χ1n) is 14.0. The van der Waals surface area contributed by atoms with Crippen LogP contribution in [-0.4, -0.2) is 59.8 Å². The molecule has 0 radical (unpaired) electrons. The van der Waals surface area contributed by atoms with Gasteiger partial charge in [-0.15, -0.1) is 0 Å². The highest BCUT2D eigenvalue weighted by Gasteiger charge is 2.31. The molecule has 3 rings (SSSR count). The van der Waals surface area contributed by atoms with Gasteiger partial charge in [0.1, 0.15) is 29.5 Å². The SMILES string of the molecule is COC(=O)[C@H](Cc1ccccc1)NC(=O)[C@H](Cc1ccc(O)cc1)NC(=O)[C@H](Cc1ccccc1)NC(=O)OC(C)(C)C. The number of esters is 1. The number of hydrogen-bond acceptors (Lipinski definition) is 7. The number of carbonyl (C=O) groups excluding carboxylic acids is 4. The molecule has 4 N–H and O–H groups in total. The Kier molecular flexibility index (Phi) is 11.7. The maximum atomic E-state index is 13.7. The fourth-order valence-corrected chi connectivity index (χ4v) is 4.32. The van der Waals surface area contributed by atoms with Gasteiger partial charge in [-0.25, -0.2) is 9.59 Å². The second-order valence-electron chi connectivity index (χ2n) is 11.1. The summed E-state index contributed by atoms with van der Waals surface area (Å²) >= 11 is 0. The van der Waals surface area contributed by atoms with Crippen LogP contribution < -0.4 is 16.0 Å². The Morgan fingerprint density at radius 1 is 0.651 bits per heavy atom. The van der Waals surface area contributed by atoms with Crippen LogP contribution in [0.25, 0.3) is 0 Å². The minimum absolute atomic E-state index is 0.0432. The second-order valence-corrected chi connectivity index (χ2v) is 11.1. The van der Waals surface area contributed by atoms with Gasteiger partial charge in [0.2, 0.25) is 11.8 Å². The Balaban J connectivity index is 1.86. The summed E-state index contributed by atoms with van der Waals surface area (Å²) in [7, 11) is 1.23. The van der Waals surface area contributed by atoms with Gasteiger partial charge in [-0.05, 0) is 49.6 Å². The van der Waals surface area contributed by atoms with Crippen LogP contribution in [-0.2, 0) is 43.1 Å². The lowest BCUT2D eigenvalue weighted by Gasteiger charge is -2.26. The lowest BCUT2D eigenvalue weighted by Crippen LogP contribution is -2.57. The van der Waals surface area contributed by atoms with Crippen molar-refractivity contribution in [3.8, 4) is 5.75 Å². The maximum Gasteiger partial charge on any atom is 0.408 e. The Bertz CT molecular complexity index is 1360. The number of phenols is 1. The van der Waals surface area contributed by atoms with Crippen LogP contribution in [0.2, 0.25) is 0 Å². The van der Waals surface area contributed by atoms with Crippen molar-refractivity contribution in [3.05, 3.63) is 102 Å². The van der Waals surface area contributed by atoms with Crippen molar-refractivity contribution in [1.82, 2.24) is 16.0 Å². The first kappa shape index (κ1) is 32.7. The van der Waals surface area contributed by atoms with Crippen molar-refractivity contribution in [2.75, 3.05) is 7.11 Å². The van der Waals surface area contributed by atoms with Crippen LogP contribution in [0.15, 0.2) is 84.9 Å². The number of amides is 3. The fraction of sp³-hybridized carbons (Fsp3) is 0.333. The van der Waals surface area contributed by atoms with Crippen molar-refractivity contribution >= 4 is 23.9 Å². The Hall–Kier alpha value is -4.86. The lowest BCUT2D eigenvalue weighted by molar-refractivity contribution is -0.145. The molecule has 3 aromatic rings. The molecule has 10 nitrogen and oxygen atoms in total. The van der Waals surface area contributed by atoms with E-state index in [1.165, 1.54) is 19.2 Å². The standard InChI is InChI=1S/C33H39N3O7/c1-33(2,3)43-32(41)36-27(19-22-11-7-5-8-12-22)30(39)34-26(20-24-15-17-25(37)18-16-24)29(38)35-28(31(40)42-4)21-23-13-9-6-10-14-23/h5-18,26-28,37H,19-21H2,1-4H3,(H,34,39)(H,35,38)(H,36,41)/t26-,27-,28-/m0/s1. The highest BCUT2D eigenvalue weighted by Crippen LogP contribution is 2.14. The third-order valence-corrected chi connectivity index (χ3v) is 6.38. The number of aromatic hydroxyl groups is 1. The molecule has 0 unspecified atom stereocenters. The number of ether oxygens (including phenoxy) is 2. The van der Waals surface area contributed by atoms with Crippen LogP contribution in [0.5, 0.6) is 5.75 Å². The quantitative estimate of drug-likeness (QED) is 0.237. The Morgan fingerprint density at radius 3 is 1.53 bits per heavy atom. The van der Waals surface area contributed by atoms with Gasteiger partial charge in [-0.3, -0.25) is 9.59 Å². The van der Waals surface area contributed by atoms with E-state index in [0.717, 1.165) is 11.1 Å². The van der Waals surface area contributed by atoms with Crippen LogP contribution in [0.3, 0.4) is 0 Å². The predicted molar refractivity (Wildman–Crippen MR) is 161 cm³/mol. The van der Waals surface area contributed by atoms with Gasteiger partial charge in [0.15, 0.2) is 0 Å². The molecular formula is C33H39N3O7. The van der Waals surface area contributed by atoms with Crippen LogP contribution in [0.1, 0.15) is 37.5 Å². The number of carbonyl (C=O) groups is 4. The highest BCUT2D eigenvalue weighted by atomic mass is 16.6. The number of benzene rings is 3. The molecule has 0 aliphatic heterocycles. The van der Waals surface area contributed by atoms with E-state index in [-0.39, 0.29) is 25.0 Å². The molecule has 0 aromatic heterocycles. The molecule has 0 fully saturated rings. The van der Waals surface area contributed by atoms with Gasteiger partial charge in [0.25, 0.3) is 0 Å². The van der Waals surface area contributed by atoms with Crippen molar-refractivity contribution in [2.24, 2.45) is 0 Å². The predicted octanol–water partition coefficient (Wildman–Crippen LogP) is 3.46. The van der Waals surface area contributed by atoms with Crippen LogP contribution >= 0.6 is 0 Å². The van der Waals surface area contributed by atoms with Gasteiger partial charge in [-0.2, -0.15) is 0 Å². The Morgan fingerprint density at radius 2 is 1.07 bits per heavy atom. The molecule has 228 valence electrons. The molecular weight excluding hydrogens is 550 g/mol. The van der Waals surface area contributed by atoms with Gasteiger partial charge in [0.05, 0.1) is 7.11 Å². The largest absolute Gasteiger partial charge is 0.508 e. The molecule has 0 bridgehead atoms. The van der Waals surface area contributed by atoms with Gasteiger partial charge >= 0.3 is 12.1 Å². The number of rotatable bonds is 12. The van der Waals surface area contributed by atoms with Crippen molar-refractivity contribution < 1.29 is 33.8 Å². The number of alkyl carbamates (subject to hydrolysis) is 1. The second kappa shape index (κ2) is 15.4. The highest BCUT2D eigenvalue weighted by molar-refractivity contribution is 5.93. The van der Waals surface area contributed by atoms with Crippen LogP contribution in [0.4, 0.5) is 4.79 Å². The first-order chi connectivity index (χ1) is 20.4. The number of methoxy groups -OCH3 is 1. The van der Waals surface area contributed by atoms with E-state index >= 15 is 0 Å². The van der Waals surface area contributed by atoms with E-state index in [2.05, 4.69) is 16.0 Å². The Labute approximate surface area is 251 Å². The van der Waals surface area contributed by atoms with Crippen molar-refractivity contribution in [3.63, 3.8) is 0 Å². The average Bonchev–Trinajstić information content (AvgIpc) is 2.96. The van der Waals surface area contributed by atoms with Gasteiger partial charge < -0.3 is 30.5 Å². The molecule has 0 aliphatic carbocycles. The fourth-order valence-electron chi connectivity index (χ4n) is 4.32. The van der Waals surface area contributed by atoms with E-state index in [9.17, 15) is 24.3 Å². The molecule has 0 aliphatic rings. The normalized spacial score (nSPS) is 13.1. The molecule has 10 heteroatoms. The molecule has 3 aromatic carbocycles. The molecule has 3 amide bonds. The summed E-state index contributed by atoms with van der Waals surface area (Å²) in [5.41, 5.74) is 1.45. The zero-order chi connectivity index (χ0) is 31.4. The van der Waals surface area contributed by atoms with E-state index in [1.807, 2.05) is 60.7 Å². The molecule has 43 heavy (non-hydrogen) atoms. The average molecular weight is 590 g/mol. The van der Waals surface area contributed by atoms with E-state index in [1.54, 1.807) is 32.9 Å². The topological polar surface area (TPSA) is 143 Å². The van der Waals surface area contributed by atoms with E-state index < -0.39 is 47.6 Å². The molecule has 0 heterocycles. The van der Waals surface area contributed by atoms with Gasteiger partial charge in [0, 0.05) is 19.3 Å². The number of hydrogen-bond donors (Lipinski definition) is 4. The zero-order valence-electron chi connectivity index (χ0n) is 24.8. The lowest BCUT2D eigenvalue weighted by atomic mass is 10.0. The van der Waals surface area contributed by atoms with Crippen molar-refractivity contribution in [1.29, 1.82) is 0 Å². The summed E-state index contributed by atoms with van der Waals surface area (Å²) in [5, 5.41) is 17.8. The summed E-state index contributed by atoms with van der Waals surface area (Å²) in [6.07, 6.45) is -0.424. The summed E-state index contributed by atoms with van der Waals surface area (Å²) in [6, 6.07) is 21.2. The van der Waals surface area contributed by atoms with Gasteiger partial charge in [-0.1, -0.05) is 72.8 Å².